The van der Waals surface area contributed by atoms with Crippen molar-refractivity contribution in [2.75, 3.05) is 18.5 Å². The summed E-state index contributed by atoms with van der Waals surface area (Å²) in [5, 5.41) is 6.49. The normalized spacial score (nSPS) is 15.4. The van der Waals surface area contributed by atoms with E-state index in [9.17, 15) is 0 Å². The van der Waals surface area contributed by atoms with Crippen molar-refractivity contribution >= 4 is 5.82 Å². The fraction of sp³-hybridized carbons (Fsp3) is 0.600. The molecule has 5 nitrogen and oxygen atoms in total. The largest absolute Gasteiger partial charge is 0.460 e. The van der Waals surface area contributed by atoms with Crippen molar-refractivity contribution in [3.8, 4) is 5.88 Å². The minimum atomic E-state index is 0.380. The minimum Gasteiger partial charge on any atom is -0.460 e. The lowest BCUT2D eigenvalue weighted by atomic mass is 10.4. The van der Waals surface area contributed by atoms with Crippen LogP contribution in [0.25, 0.3) is 0 Å². The van der Waals surface area contributed by atoms with Gasteiger partial charge in [0.05, 0.1) is 6.04 Å². The van der Waals surface area contributed by atoms with Gasteiger partial charge in [0.2, 0.25) is 0 Å². The molecule has 2 heterocycles. The maximum atomic E-state index is 5.55. The quantitative estimate of drug-likeness (QED) is 0.730. The van der Waals surface area contributed by atoms with Gasteiger partial charge in [0.1, 0.15) is 18.5 Å². The molecule has 3 N–H and O–H groups in total. The van der Waals surface area contributed by atoms with E-state index in [2.05, 4.69) is 34.4 Å². The van der Waals surface area contributed by atoms with Gasteiger partial charge in [-0.2, -0.15) is 0 Å². The summed E-state index contributed by atoms with van der Waals surface area (Å²) >= 11 is 0. The molecule has 82 valence electrons. The van der Waals surface area contributed by atoms with Gasteiger partial charge in [-0.05, 0) is 13.8 Å². The molecule has 0 aliphatic carbocycles. The number of nitrogens with zero attached hydrogens (tertiary/aromatic N) is 1. The molecular weight excluding hydrogens is 192 g/mol. The zero-order valence-corrected chi connectivity index (χ0v) is 9.13. The monoisotopic (exact) mass is 209 g/mol. The Hall–Kier alpha value is -1.36. The SMILES string of the molecule is CC(C)Nc1cnc2c([nH+]1)OCCNC2. The molecule has 0 unspecified atom stereocenters. The van der Waals surface area contributed by atoms with Gasteiger partial charge >= 0.3 is 5.88 Å². The zero-order valence-electron chi connectivity index (χ0n) is 9.13. The lowest BCUT2D eigenvalue weighted by Gasteiger charge is -2.05. The van der Waals surface area contributed by atoms with E-state index in [1.807, 2.05) is 0 Å². The highest BCUT2D eigenvalue weighted by atomic mass is 16.5. The molecular formula is C10H17N4O+. The van der Waals surface area contributed by atoms with Crippen LogP contribution in [0.3, 0.4) is 0 Å². The molecule has 0 saturated heterocycles. The molecule has 1 aromatic heterocycles. The predicted octanol–water partition coefficient (Wildman–Crippen LogP) is 0.198. The molecule has 1 aromatic rings. The number of rotatable bonds is 2. The average Bonchev–Trinajstić information content (AvgIpc) is 2.41. The van der Waals surface area contributed by atoms with Crippen molar-refractivity contribution in [2.45, 2.75) is 26.4 Å². The standard InChI is InChI=1S/C10H16N4O/c1-7(2)13-9-6-12-8-5-11-3-4-15-10(8)14-9/h6-7,11H,3-5H2,1-2H3,(H,13,14)/p+1. The summed E-state index contributed by atoms with van der Waals surface area (Å²) in [5.41, 5.74) is 0.932. The second-order valence-electron chi connectivity index (χ2n) is 3.90. The number of aromatic nitrogens is 2. The van der Waals surface area contributed by atoms with E-state index < -0.39 is 0 Å². The first-order valence-corrected chi connectivity index (χ1v) is 5.27. The highest BCUT2D eigenvalue weighted by Gasteiger charge is 2.16. The topological polar surface area (TPSA) is 60.3 Å². The number of ether oxygens (including phenoxy) is 1. The Balaban J connectivity index is 2.20. The lowest BCUT2D eigenvalue weighted by Crippen LogP contribution is -2.22. The Kier molecular flexibility index (Phi) is 3.01. The van der Waals surface area contributed by atoms with E-state index in [1.54, 1.807) is 6.20 Å². The van der Waals surface area contributed by atoms with Crippen LogP contribution in [0.4, 0.5) is 5.82 Å². The number of hydrogen-bond acceptors (Lipinski definition) is 4. The maximum Gasteiger partial charge on any atom is 0.305 e. The second-order valence-corrected chi connectivity index (χ2v) is 3.90. The number of aromatic amines is 1. The second kappa shape index (κ2) is 4.44. The Morgan fingerprint density at radius 2 is 2.47 bits per heavy atom. The molecule has 0 amide bonds. The van der Waals surface area contributed by atoms with Crippen LogP contribution in [-0.2, 0) is 6.54 Å². The summed E-state index contributed by atoms with van der Waals surface area (Å²) in [6.45, 7) is 6.46. The summed E-state index contributed by atoms with van der Waals surface area (Å²) in [5.74, 6) is 1.66. The van der Waals surface area contributed by atoms with Gasteiger partial charge in [0, 0.05) is 13.1 Å². The minimum absolute atomic E-state index is 0.380. The number of H-pyrrole nitrogens is 1. The van der Waals surface area contributed by atoms with Crippen LogP contribution in [-0.4, -0.2) is 24.2 Å². The smallest absolute Gasteiger partial charge is 0.305 e. The third kappa shape index (κ3) is 2.56. The van der Waals surface area contributed by atoms with Crippen LogP contribution in [0.2, 0.25) is 0 Å². The first-order chi connectivity index (χ1) is 7.25. The van der Waals surface area contributed by atoms with Gasteiger partial charge in [-0.15, -0.1) is 0 Å². The van der Waals surface area contributed by atoms with Crippen molar-refractivity contribution in [3.63, 3.8) is 0 Å². The lowest BCUT2D eigenvalue weighted by molar-refractivity contribution is -0.380. The Morgan fingerprint density at radius 3 is 3.27 bits per heavy atom. The highest BCUT2D eigenvalue weighted by molar-refractivity contribution is 5.28. The van der Waals surface area contributed by atoms with Gasteiger partial charge in [0.15, 0.2) is 0 Å². The average molecular weight is 209 g/mol. The van der Waals surface area contributed by atoms with E-state index in [-0.39, 0.29) is 0 Å². The molecule has 1 aliphatic rings. The first-order valence-electron chi connectivity index (χ1n) is 5.27. The van der Waals surface area contributed by atoms with Crippen LogP contribution in [0.1, 0.15) is 19.5 Å². The van der Waals surface area contributed by atoms with Gasteiger partial charge in [0.25, 0.3) is 5.82 Å². The van der Waals surface area contributed by atoms with E-state index >= 15 is 0 Å². The molecule has 0 atom stereocenters. The molecule has 0 fully saturated rings. The number of hydrogen-bond donors (Lipinski definition) is 2. The van der Waals surface area contributed by atoms with Crippen LogP contribution in [0, 0.1) is 0 Å². The Labute approximate surface area is 89.3 Å². The summed E-state index contributed by atoms with van der Waals surface area (Å²) in [7, 11) is 0. The summed E-state index contributed by atoms with van der Waals surface area (Å²) in [6, 6.07) is 0.380. The molecule has 2 rings (SSSR count). The molecule has 0 bridgehead atoms. The summed E-state index contributed by atoms with van der Waals surface area (Å²) in [6.07, 6.45) is 1.80. The van der Waals surface area contributed by atoms with Crippen LogP contribution >= 0.6 is 0 Å². The molecule has 15 heavy (non-hydrogen) atoms. The number of anilines is 1. The van der Waals surface area contributed by atoms with Crippen LogP contribution in [0.15, 0.2) is 6.20 Å². The first kappa shape index (κ1) is 10.2. The van der Waals surface area contributed by atoms with Crippen molar-refractivity contribution in [1.29, 1.82) is 0 Å². The Morgan fingerprint density at radius 1 is 1.60 bits per heavy atom. The number of fused-ring (bicyclic) bond motifs is 1. The summed E-state index contributed by atoms with van der Waals surface area (Å²) in [4.78, 5) is 7.55. The zero-order chi connectivity index (χ0) is 10.7. The van der Waals surface area contributed by atoms with Crippen LogP contribution < -0.4 is 20.4 Å². The third-order valence-corrected chi connectivity index (χ3v) is 2.12. The molecule has 5 heteroatoms. The Bertz CT molecular complexity index is 340. The van der Waals surface area contributed by atoms with E-state index in [0.29, 0.717) is 12.6 Å². The molecule has 1 aliphatic heterocycles. The van der Waals surface area contributed by atoms with E-state index in [1.165, 1.54) is 0 Å². The third-order valence-electron chi connectivity index (χ3n) is 2.12. The van der Waals surface area contributed by atoms with Crippen molar-refractivity contribution in [2.24, 2.45) is 0 Å². The fourth-order valence-electron chi connectivity index (χ4n) is 1.49. The predicted molar refractivity (Wildman–Crippen MR) is 56.8 cm³/mol. The number of nitrogens with one attached hydrogen (secondary N) is 3. The van der Waals surface area contributed by atoms with E-state index in [4.69, 9.17) is 4.74 Å². The van der Waals surface area contributed by atoms with Gasteiger partial charge in [-0.3, -0.25) is 5.32 Å². The summed E-state index contributed by atoms with van der Waals surface area (Å²) < 4.78 is 5.55. The van der Waals surface area contributed by atoms with Crippen molar-refractivity contribution < 1.29 is 9.72 Å². The molecule has 0 aromatic carbocycles. The maximum absolute atomic E-state index is 5.55. The fourth-order valence-corrected chi connectivity index (χ4v) is 1.49. The van der Waals surface area contributed by atoms with Crippen molar-refractivity contribution in [3.05, 3.63) is 11.9 Å². The van der Waals surface area contributed by atoms with Gasteiger partial charge < -0.3 is 10.1 Å². The van der Waals surface area contributed by atoms with Crippen molar-refractivity contribution in [1.82, 2.24) is 10.3 Å². The van der Waals surface area contributed by atoms with Crippen LogP contribution in [0.5, 0.6) is 5.88 Å². The van der Waals surface area contributed by atoms with Gasteiger partial charge in [-0.1, -0.05) is 0 Å². The van der Waals surface area contributed by atoms with E-state index in [0.717, 1.165) is 30.5 Å². The molecule has 0 spiro atoms. The van der Waals surface area contributed by atoms with Gasteiger partial charge in [-0.25, -0.2) is 9.97 Å². The molecule has 0 radical (unpaired) electrons. The molecule has 0 saturated carbocycles. The highest BCUT2D eigenvalue weighted by Crippen LogP contribution is 2.12.